The summed E-state index contributed by atoms with van der Waals surface area (Å²) in [6.07, 6.45) is 4.41. The third-order valence-corrected chi connectivity index (χ3v) is 5.19. The number of benzene rings is 1. The number of nitrogens with zero attached hydrogens (tertiary/aromatic N) is 3. The Morgan fingerprint density at radius 2 is 1.83 bits per heavy atom. The van der Waals surface area contributed by atoms with Gasteiger partial charge in [-0.2, -0.15) is 0 Å². The SMILES string of the molecule is Cc1cc(C)nc(C2CCN(C(=O)c3ccc4c(c3)CCC4)C2)n1. The molecule has 1 fully saturated rings. The molecule has 24 heavy (non-hydrogen) atoms. The topological polar surface area (TPSA) is 46.1 Å². The van der Waals surface area contributed by atoms with Crippen molar-refractivity contribution in [2.24, 2.45) is 0 Å². The van der Waals surface area contributed by atoms with Crippen LogP contribution in [0.1, 0.15) is 57.5 Å². The molecule has 0 saturated carbocycles. The van der Waals surface area contributed by atoms with Gasteiger partial charge in [0.1, 0.15) is 5.82 Å². The molecule has 1 atom stereocenters. The van der Waals surface area contributed by atoms with Gasteiger partial charge in [-0.3, -0.25) is 4.79 Å². The van der Waals surface area contributed by atoms with Gasteiger partial charge in [0.25, 0.3) is 5.91 Å². The number of aryl methyl sites for hydroxylation is 4. The summed E-state index contributed by atoms with van der Waals surface area (Å²) in [4.78, 5) is 24.0. The highest BCUT2D eigenvalue weighted by Gasteiger charge is 2.30. The van der Waals surface area contributed by atoms with Crippen LogP contribution in [-0.2, 0) is 12.8 Å². The van der Waals surface area contributed by atoms with E-state index in [0.29, 0.717) is 0 Å². The van der Waals surface area contributed by atoms with Gasteiger partial charge in [-0.15, -0.1) is 0 Å². The summed E-state index contributed by atoms with van der Waals surface area (Å²) in [6.45, 7) is 5.51. The molecule has 0 radical (unpaired) electrons. The number of likely N-dealkylation sites (tertiary alicyclic amines) is 1. The van der Waals surface area contributed by atoms with E-state index in [1.165, 1.54) is 17.5 Å². The van der Waals surface area contributed by atoms with E-state index in [1.54, 1.807) is 0 Å². The Bertz CT molecular complexity index is 779. The molecule has 0 N–H and O–H groups in total. The number of fused-ring (bicyclic) bond motifs is 1. The highest BCUT2D eigenvalue weighted by molar-refractivity contribution is 5.94. The molecule has 4 rings (SSSR count). The van der Waals surface area contributed by atoms with Crippen molar-refractivity contribution < 1.29 is 4.79 Å². The largest absolute Gasteiger partial charge is 0.338 e. The standard InChI is InChI=1S/C20H23N3O/c1-13-10-14(2)22-19(21-13)18-8-9-23(12-18)20(24)17-7-6-15-4-3-5-16(15)11-17/h6-7,10-11,18H,3-5,8-9,12H2,1-2H3. The zero-order valence-electron chi connectivity index (χ0n) is 14.4. The molecule has 4 nitrogen and oxygen atoms in total. The molecule has 0 bridgehead atoms. The predicted molar refractivity (Wildman–Crippen MR) is 93.2 cm³/mol. The maximum absolute atomic E-state index is 12.8. The van der Waals surface area contributed by atoms with Crippen LogP contribution in [0.3, 0.4) is 0 Å². The van der Waals surface area contributed by atoms with Gasteiger partial charge in [-0.05, 0) is 68.9 Å². The van der Waals surface area contributed by atoms with Crippen LogP contribution in [0, 0.1) is 13.8 Å². The number of amides is 1. The summed E-state index contributed by atoms with van der Waals surface area (Å²) in [5.74, 6) is 1.29. The minimum absolute atomic E-state index is 0.150. The van der Waals surface area contributed by atoms with Gasteiger partial charge in [0, 0.05) is 36.0 Å². The minimum Gasteiger partial charge on any atom is -0.338 e. The van der Waals surface area contributed by atoms with Crippen molar-refractivity contribution in [2.45, 2.75) is 45.4 Å². The summed E-state index contributed by atoms with van der Waals surface area (Å²) in [5, 5.41) is 0. The van der Waals surface area contributed by atoms with E-state index in [2.05, 4.69) is 22.1 Å². The average Bonchev–Trinajstić information content (AvgIpc) is 3.22. The lowest BCUT2D eigenvalue weighted by Crippen LogP contribution is -2.28. The molecule has 124 valence electrons. The molecule has 1 unspecified atom stereocenters. The van der Waals surface area contributed by atoms with Gasteiger partial charge < -0.3 is 4.90 Å². The third-order valence-electron chi connectivity index (χ3n) is 5.19. The zero-order chi connectivity index (χ0) is 16.7. The first-order chi connectivity index (χ1) is 11.6. The van der Waals surface area contributed by atoms with Gasteiger partial charge in [0.05, 0.1) is 0 Å². The number of carbonyl (C=O) groups excluding carboxylic acids is 1. The number of hydrogen-bond acceptors (Lipinski definition) is 3. The molecular weight excluding hydrogens is 298 g/mol. The smallest absolute Gasteiger partial charge is 0.253 e. The lowest BCUT2D eigenvalue weighted by Gasteiger charge is -2.17. The fourth-order valence-corrected chi connectivity index (χ4v) is 3.98. The van der Waals surface area contributed by atoms with E-state index in [0.717, 1.165) is 55.1 Å². The van der Waals surface area contributed by atoms with Gasteiger partial charge >= 0.3 is 0 Å². The summed E-state index contributed by atoms with van der Waals surface area (Å²) in [6, 6.07) is 8.22. The predicted octanol–water partition coefficient (Wildman–Crippen LogP) is 3.21. The van der Waals surface area contributed by atoms with Gasteiger partial charge in [-0.1, -0.05) is 6.07 Å². The molecule has 1 aromatic carbocycles. The number of rotatable bonds is 2. The minimum atomic E-state index is 0.150. The van der Waals surface area contributed by atoms with E-state index in [-0.39, 0.29) is 11.8 Å². The molecule has 1 aliphatic carbocycles. The van der Waals surface area contributed by atoms with Crippen LogP contribution < -0.4 is 0 Å². The van der Waals surface area contributed by atoms with Crippen LogP contribution in [0.15, 0.2) is 24.3 Å². The van der Waals surface area contributed by atoms with Crippen LogP contribution in [-0.4, -0.2) is 33.9 Å². The highest BCUT2D eigenvalue weighted by Crippen LogP contribution is 2.28. The van der Waals surface area contributed by atoms with Crippen molar-refractivity contribution in [2.75, 3.05) is 13.1 Å². The van der Waals surface area contributed by atoms with Crippen molar-refractivity contribution in [3.05, 3.63) is 58.2 Å². The third kappa shape index (κ3) is 2.81. The zero-order valence-corrected chi connectivity index (χ0v) is 14.4. The lowest BCUT2D eigenvalue weighted by molar-refractivity contribution is 0.0790. The Balaban J connectivity index is 1.51. The summed E-state index contributed by atoms with van der Waals surface area (Å²) >= 11 is 0. The first-order valence-electron chi connectivity index (χ1n) is 8.83. The van der Waals surface area contributed by atoms with Crippen LogP contribution in [0.25, 0.3) is 0 Å². The van der Waals surface area contributed by atoms with Crippen LogP contribution in [0.2, 0.25) is 0 Å². The Kier molecular flexibility index (Phi) is 3.83. The van der Waals surface area contributed by atoms with Gasteiger partial charge in [-0.25, -0.2) is 9.97 Å². The Labute approximate surface area is 142 Å². The van der Waals surface area contributed by atoms with Crippen LogP contribution in [0.5, 0.6) is 0 Å². The second-order valence-corrected chi connectivity index (χ2v) is 7.08. The number of hydrogen-bond donors (Lipinski definition) is 0. The van der Waals surface area contributed by atoms with Crippen molar-refractivity contribution >= 4 is 5.91 Å². The monoisotopic (exact) mass is 321 g/mol. The first-order valence-corrected chi connectivity index (χ1v) is 8.83. The van der Waals surface area contributed by atoms with Crippen LogP contribution in [0.4, 0.5) is 0 Å². The van der Waals surface area contributed by atoms with E-state index in [1.807, 2.05) is 30.9 Å². The van der Waals surface area contributed by atoms with Crippen molar-refractivity contribution in [3.8, 4) is 0 Å². The molecule has 4 heteroatoms. The normalized spacial score (nSPS) is 19.6. The highest BCUT2D eigenvalue weighted by atomic mass is 16.2. The molecule has 0 spiro atoms. The first kappa shape index (κ1) is 15.3. The fraction of sp³-hybridized carbons (Fsp3) is 0.450. The van der Waals surface area contributed by atoms with E-state index in [4.69, 9.17) is 0 Å². The Morgan fingerprint density at radius 1 is 1.08 bits per heavy atom. The Hall–Kier alpha value is -2.23. The van der Waals surface area contributed by atoms with E-state index >= 15 is 0 Å². The number of aromatic nitrogens is 2. The van der Waals surface area contributed by atoms with Gasteiger partial charge in [0.15, 0.2) is 0 Å². The maximum Gasteiger partial charge on any atom is 0.253 e. The Morgan fingerprint density at radius 3 is 2.62 bits per heavy atom. The second kappa shape index (κ2) is 6.00. The van der Waals surface area contributed by atoms with Crippen LogP contribution >= 0.6 is 0 Å². The molecule has 2 heterocycles. The molecule has 1 aliphatic heterocycles. The fourth-order valence-electron chi connectivity index (χ4n) is 3.98. The quantitative estimate of drug-likeness (QED) is 0.853. The molecule has 2 aliphatic rings. The molecule has 2 aromatic rings. The van der Waals surface area contributed by atoms with E-state index in [9.17, 15) is 4.79 Å². The second-order valence-electron chi connectivity index (χ2n) is 7.08. The summed E-state index contributed by atoms with van der Waals surface area (Å²) < 4.78 is 0. The summed E-state index contributed by atoms with van der Waals surface area (Å²) in [5.41, 5.74) is 5.60. The van der Waals surface area contributed by atoms with Crippen molar-refractivity contribution in [1.82, 2.24) is 14.9 Å². The number of carbonyl (C=O) groups is 1. The van der Waals surface area contributed by atoms with Crippen molar-refractivity contribution in [3.63, 3.8) is 0 Å². The molecule has 1 amide bonds. The lowest BCUT2D eigenvalue weighted by atomic mass is 10.1. The maximum atomic E-state index is 12.8. The van der Waals surface area contributed by atoms with E-state index < -0.39 is 0 Å². The van der Waals surface area contributed by atoms with Crippen molar-refractivity contribution in [1.29, 1.82) is 0 Å². The molecular formula is C20H23N3O. The molecule has 1 saturated heterocycles. The van der Waals surface area contributed by atoms with Gasteiger partial charge in [0.2, 0.25) is 0 Å². The molecule has 1 aromatic heterocycles. The average molecular weight is 321 g/mol. The summed E-state index contributed by atoms with van der Waals surface area (Å²) in [7, 11) is 0.